The molecule has 105 valence electrons. The zero-order chi connectivity index (χ0) is 14.6. The van der Waals surface area contributed by atoms with E-state index in [9.17, 15) is 13.2 Å². The Kier molecular flexibility index (Phi) is 5.22. The van der Waals surface area contributed by atoms with Gasteiger partial charge < -0.3 is 0 Å². The molecule has 0 fully saturated rings. The van der Waals surface area contributed by atoms with Crippen molar-refractivity contribution < 1.29 is 13.2 Å². The fraction of sp³-hybridized carbons (Fsp3) is 0.462. The Labute approximate surface area is 114 Å². The normalized spacial score (nSPS) is 14.9. The second-order valence-corrected chi connectivity index (χ2v) is 6.23. The summed E-state index contributed by atoms with van der Waals surface area (Å²) >= 11 is 0. The van der Waals surface area contributed by atoms with Gasteiger partial charge in [0.1, 0.15) is 0 Å². The van der Waals surface area contributed by atoms with Gasteiger partial charge in [-0.1, -0.05) is 24.6 Å². The number of hydrogen-bond acceptors (Lipinski definition) is 3. The highest BCUT2D eigenvalue weighted by atomic mass is 32.2. The van der Waals surface area contributed by atoms with Gasteiger partial charge in [0, 0.05) is 0 Å². The van der Waals surface area contributed by atoms with E-state index in [2.05, 4.69) is 4.72 Å². The van der Waals surface area contributed by atoms with Crippen LogP contribution in [0.1, 0.15) is 25.8 Å². The van der Waals surface area contributed by atoms with Crippen LogP contribution >= 0.6 is 0 Å². The molecule has 0 aliphatic rings. The quantitative estimate of drug-likeness (QED) is 0.853. The van der Waals surface area contributed by atoms with Crippen molar-refractivity contribution in [3.05, 3.63) is 29.8 Å². The summed E-state index contributed by atoms with van der Waals surface area (Å²) in [4.78, 5) is 11.8. The van der Waals surface area contributed by atoms with Crippen molar-refractivity contribution in [3.63, 3.8) is 0 Å². The predicted molar refractivity (Wildman–Crippen MR) is 73.1 cm³/mol. The fourth-order valence-corrected chi connectivity index (χ4v) is 2.79. The molecular formula is C13H19N2O3S. The summed E-state index contributed by atoms with van der Waals surface area (Å²) in [6.45, 7) is 5.05. The lowest BCUT2D eigenvalue weighted by Gasteiger charge is -2.16. The van der Waals surface area contributed by atoms with E-state index < -0.39 is 27.9 Å². The van der Waals surface area contributed by atoms with Crippen molar-refractivity contribution in [3.8, 4) is 0 Å². The minimum Gasteiger partial charge on any atom is -0.296 e. The van der Waals surface area contributed by atoms with Gasteiger partial charge in [0.15, 0.2) is 5.78 Å². The van der Waals surface area contributed by atoms with E-state index in [4.69, 9.17) is 5.73 Å². The molecule has 1 aromatic carbocycles. The number of carbonyl (C=O) groups excluding carboxylic acids is 1. The number of benzene rings is 1. The molecule has 0 aromatic heterocycles. The van der Waals surface area contributed by atoms with Crippen LogP contribution in [0.25, 0.3) is 0 Å². The molecule has 6 heteroatoms. The Morgan fingerprint density at radius 1 is 1.32 bits per heavy atom. The van der Waals surface area contributed by atoms with Gasteiger partial charge >= 0.3 is 0 Å². The van der Waals surface area contributed by atoms with Crippen LogP contribution in [-0.4, -0.2) is 26.3 Å². The lowest BCUT2D eigenvalue weighted by molar-refractivity contribution is -0.121. The van der Waals surface area contributed by atoms with Crippen molar-refractivity contribution in [2.45, 2.75) is 44.2 Å². The number of nitrogens with one attached hydrogen (secondary N) is 2. The maximum atomic E-state index is 12.0. The number of ketones is 1. The number of hydrogen-bond donors (Lipinski definition) is 1. The monoisotopic (exact) mass is 283 g/mol. The average Bonchev–Trinajstić information content (AvgIpc) is 2.36. The highest BCUT2D eigenvalue weighted by Gasteiger charge is 2.25. The SMILES string of the molecule is CCC([NH])C(=O)C(C)NS(=O)(=O)c1ccc(C)cc1. The number of Topliss-reactive ketones (excluding diaryl/α,β-unsaturated/α-hetero) is 1. The molecule has 0 aliphatic carbocycles. The molecule has 0 heterocycles. The van der Waals surface area contributed by atoms with E-state index >= 15 is 0 Å². The average molecular weight is 283 g/mol. The molecule has 5 nitrogen and oxygen atoms in total. The second kappa shape index (κ2) is 6.27. The number of rotatable bonds is 6. The first-order chi connectivity index (χ1) is 8.77. The summed E-state index contributed by atoms with van der Waals surface area (Å²) in [5.74, 6) is -0.418. The fourth-order valence-electron chi connectivity index (χ4n) is 1.58. The zero-order valence-corrected chi connectivity index (χ0v) is 12.1. The van der Waals surface area contributed by atoms with Gasteiger partial charge in [-0.3, -0.25) is 4.79 Å². The first-order valence-corrected chi connectivity index (χ1v) is 7.60. The summed E-state index contributed by atoms with van der Waals surface area (Å²) in [6.07, 6.45) is 0.370. The molecule has 0 amide bonds. The predicted octanol–water partition coefficient (Wildman–Crippen LogP) is 1.29. The van der Waals surface area contributed by atoms with E-state index in [0.29, 0.717) is 6.42 Å². The topological polar surface area (TPSA) is 87.0 Å². The third kappa shape index (κ3) is 4.12. The molecule has 0 bridgehead atoms. The van der Waals surface area contributed by atoms with Gasteiger partial charge in [0.25, 0.3) is 0 Å². The Bertz CT molecular complexity index is 538. The first kappa shape index (κ1) is 15.8. The molecule has 1 rings (SSSR count). The van der Waals surface area contributed by atoms with Crippen LogP contribution in [-0.2, 0) is 14.8 Å². The largest absolute Gasteiger partial charge is 0.296 e. The first-order valence-electron chi connectivity index (χ1n) is 6.11. The Morgan fingerprint density at radius 3 is 2.32 bits per heavy atom. The maximum Gasteiger partial charge on any atom is 0.241 e. The summed E-state index contributed by atoms with van der Waals surface area (Å²) in [6, 6.07) is 4.59. The molecule has 0 aliphatic heterocycles. The molecule has 2 atom stereocenters. The van der Waals surface area contributed by atoms with Crippen LogP contribution in [0.4, 0.5) is 0 Å². The van der Waals surface area contributed by atoms with Gasteiger partial charge in [-0.25, -0.2) is 18.9 Å². The van der Waals surface area contributed by atoms with Gasteiger partial charge in [-0.15, -0.1) is 0 Å². The summed E-state index contributed by atoms with van der Waals surface area (Å²) in [7, 11) is -3.72. The minimum absolute atomic E-state index is 0.121. The van der Waals surface area contributed by atoms with E-state index in [1.165, 1.54) is 19.1 Å². The second-order valence-electron chi connectivity index (χ2n) is 4.52. The van der Waals surface area contributed by atoms with Crippen molar-refractivity contribution in [1.82, 2.24) is 10.5 Å². The molecule has 1 aromatic rings. The zero-order valence-electron chi connectivity index (χ0n) is 11.3. The molecule has 0 saturated heterocycles. The van der Waals surface area contributed by atoms with Crippen LogP contribution < -0.4 is 10.5 Å². The molecule has 0 spiro atoms. The van der Waals surface area contributed by atoms with Crippen LogP contribution in [0, 0.1) is 6.92 Å². The molecule has 2 N–H and O–H groups in total. The van der Waals surface area contributed by atoms with Crippen LogP contribution in [0.5, 0.6) is 0 Å². The Balaban J connectivity index is 2.86. The Hall–Kier alpha value is -1.24. The highest BCUT2D eigenvalue weighted by molar-refractivity contribution is 7.89. The molecule has 19 heavy (non-hydrogen) atoms. The van der Waals surface area contributed by atoms with E-state index in [-0.39, 0.29) is 4.90 Å². The van der Waals surface area contributed by atoms with Gasteiger partial charge in [-0.2, -0.15) is 0 Å². The lowest BCUT2D eigenvalue weighted by atomic mass is 10.1. The van der Waals surface area contributed by atoms with Crippen molar-refractivity contribution in [2.75, 3.05) is 0 Å². The van der Waals surface area contributed by atoms with Crippen molar-refractivity contribution in [1.29, 1.82) is 0 Å². The Morgan fingerprint density at radius 2 is 1.84 bits per heavy atom. The third-order valence-electron chi connectivity index (χ3n) is 2.84. The lowest BCUT2D eigenvalue weighted by Crippen LogP contribution is -2.43. The molecule has 1 radical (unpaired) electrons. The van der Waals surface area contributed by atoms with E-state index in [1.54, 1.807) is 19.1 Å². The molecule has 2 unspecified atom stereocenters. The smallest absolute Gasteiger partial charge is 0.241 e. The van der Waals surface area contributed by atoms with Gasteiger partial charge in [0.2, 0.25) is 10.0 Å². The summed E-state index contributed by atoms with van der Waals surface area (Å²) in [5, 5.41) is 0. The highest BCUT2D eigenvalue weighted by Crippen LogP contribution is 2.11. The standard InChI is InChI=1S/C13H19N2O3S/c1-4-12(14)13(16)10(3)15-19(17,18)11-7-5-9(2)6-8-11/h5-8,10,12,14-15H,4H2,1-3H3. The van der Waals surface area contributed by atoms with Crippen molar-refractivity contribution >= 4 is 15.8 Å². The maximum absolute atomic E-state index is 12.0. The molecular weight excluding hydrogens is 264 g/mol. The summed E-state index contributed by atoms with van der Waals surface area (Å²) in [5.41, 5.74) is 8.47. The van der Waals surface area contributed by atoms with E-state index in [0.717, 1.165) is 5.56 Å². The van der Waals surface area contributed by atoms with Crippen LogP contribution in [0.15, 0.2) is 29.2 Å². The summed E-state index contributed by atoms with van der Waals surface area (Å²) < 4.78 is 26.4. The van der Waals surface area contributed by atoms with E-state index in [1.807, 2.05) is 6.92 Å². The van der Waals surface area contributed by atoms with Crippen LogP contribution in [0.2, 0.25) is 0 Å². The number of carbonyl (C=O) groups is 1. The van der Waals surface area contributed by atoms with Crippen molar-refractivity contribution in [2.24, 2.45) is 0 Å². The van der Waals surface area contributed by atoms with Gasteiger partial charge in [0.05, 0.1) is 17.0 Å². The van der Waals surface area contributed by atoms with Gasteiger partial charge in [-0.05, 0) is 32.4 Å². The third-order valence-corrected chi connectivity index (χ3v) is 4.40. The number of sulfonamides is 1. The minimum atomic E-state index is -3.72. The van der Waals surface area contributed by atoms with Crippen LogP contribution in [0.3, 0.4) is 0 Å². The number of aryl methyl sites for hydroxylation is 1. The molecule has 0 saturated carbocycles.